The fraction of sp³-hybridized carbons (Fsp3) is 0.250. The molecule has 0 bridgehead atoms. The molecule has 2 rings (SSSR count). The lowest BCUT2D eigenvalue weighted by molar-refractivity contribution is 0.409. The van der Waals surface area contributed by atoms with Crippen LogP contribution in [0.1, 0.15) is 12.5 Å². The highest BCUT2D eigenvalue weighted by atomic mass is 16.5. The highest BCUT2D eigenvalue weighted by Crippen LogP contribution is 2.23. The number of nitrogens with zero attached hydrogens (tertiary/aromatic N) is 1. The van der Waals surface area contributed by atoms with E-state index in [4.69, 9.17) is 10.5 Å². The molecule has 0 saturated carbocycles. The van der Waals surface area contributed by atoms with Crippen molar-refractivity contribution in [1.82, 2.24) is 0 Å². The first kappa shape index (κ1) is 13.3. The Labute approximate surface area is 114 Å². The molecule has 0 spiro atoms. The summed E-state index contributed by atoms with van der Waals surface area (Å²) >= 11 is 0. The van der Waals surface area contributed by atoms with Crippen molar-refractivity contribution in [1.29, 1.82) is 0 Å². The van der Waals surface area contributed by atoms with Crippen LogP contribution >= 0.6 is 0 Å². The molecule has 0 amide bonds. The number of nitrogens with two attached hydrogens (primary N) is 1. The Morgan fingerprint density at radius 3 is 2.37 bits per heavy atom. The van der Waals surface area contributed by atoms with Crippen molar-refractivity contribution in [3.05, 3.63) is 54.1 Å². The zero-order valence-electron chi connectivity index (χ0n) is 11.5. The molecule has 100 valence electrons. The van der Waals surface area contributed by atoms with Crippen molar-refractivity contribution >= 4 is 11.4 Å². The predicted octanol–water partition coefficient (Wildman–Crippen LogP) is 3.30. The van der Waals surface area contributed by atoms with Crippen LogP contribution in [0.15, 0.2) is 48.5 Å². The Bertz CT molecular complexity index is 523. The lowest BCUT2D eigenvalue weighted by Gasteiger charge is -2.24. The molecular formula is C16H20N2O. The second kappa shape index (κ2) is 6.14. The fourth-order valence-corrected chi connectivity index (χ4v) is 2.11. The van der Waals surface area contributed by atoms with Gasteiger partial charge in [0.05, 0.1) is 7.11 Å². The number of hydrogen-bond acceptors (Lipinski definition) is 3. The minimum Gasteiger partial charge on any atom is -0.496 e. The van der Waals surface area contributed by atoms with Gasteiger partial charge in [-0.15, -0.1) is 0 Å². The molecule has 0 fully saturated rings. The molecule has 0 atom stereocenters. The number of rotatable bonds is 5. The Morgan fingerprint density at radius 2 is 1.74 bits per heavy atom. The summed E-state index contributed by atoms with van der Waals surface area (Å²) in [4.78, 5) is 2.29. The molecule has 0 unspecified atom stereocenters. The van der Waals surface area contributed by atoms with Crippen molar-refractivity contribution in [2.75, 3.05) is 24.3 Å². The number of ether oxygens (including phenoxy) is 1. The first-order valence-electron chi connectivity index (χ1n) is 6.47. The van der Waals surface area contributed by atoms with Gasteiger partial charge in [0.1, 0.15) is 5.75 Å². The summed E-state index contributed by atoms with van der Waals surface area (Å²) in [5, 5.41) is 0. The van der Waals surface area contributed by atoms with Crippen LogP contribution in [-0.2, 0) is 6.54 Å². The number of anilines is 2. The van der Waals surface area contributed by atoms with Gasteiger partial charge < -0.3 is 15.4 Å². The van der Waals surface area contributed by atoms with Crippen molar-refractivity contribution in [2.45, 2.75) is 13.5 Å². The van der Waals surface area contributed by atoms with E-state index in [0.29, 0.717) is 0 Å². The molecule has 2 N–H and O–H groups in total. The molecule has 0 aliphatic rings. The summed E-state index contributed by atoms with van der Waals surface area (Å²) in [5.74, 6) is 0.927. The minimum atomic E-state index is 0.789. The molecule has 0 aliphatic carbocycles. The first-order chi connectivity index (χ1) is 9.24. The van der Waals surface area contributed by atoms with Gasteiger partial charge in [-0.1, -0.05) is 18.2 Å². The zero-order chi connectivity index (χ0) is 13.7. The third kappa shape index (κ3) is 3.19. The summed E-state index contributed by atoms with van der Waals surface area (Å²) in [7, 11) is 1.71. The molecule has 0 aliphatic heterocycles. The molecule has 2 aromatic carbocycles. The van der Waals surface area contributed by atoms with Crippen LogP contribution in [0.2, 0.25) is 0 Å². The summed E-state index contributed by atoms with van der Waals surface area (Å²) in [6.07, 6.45) is 0. The van der Waals surface area contributed by atoms with Crippen molar-refractivity contribution in [3.8, 4) is 5.75 Å². The Kier molecular flexibility index (Phi) is 4.29. The van der Waals surface area contributed by atoms with E-state index in [2.05, 4.69) is 17.9 Å². The van der Waals surface area contributed by atoms with Gasteiger partial charge >= 0.3 is 0 Å². The fourth-order valence-electron chi connectivity index (χ4n) is 2.11. The van der Waals surface area contributed by atoms with Crippen molar-refractivity contribution < 1.29 is 4.74 Å². The van der Waals surface area contributed by atoms with E-state index in [1.165, 1.54) is 11.3 Å². The molecule has 19 heavy (non-hydrogen) atoms. The standard InChI is InChI=1S/C16H20N2O/c1-3-18(15-10-8-14(17)9-11-15)12-13-6-4-5-7-16(13)19-2/h4-11H,3,12,17H2,1-2H3. The monoisotopic (exact) mass is 256 g/mol. The Hall–Kier alpha value is -2.16. The average molecular weight is 256 g/mol. The molecule has 0 radical (unpaired) electrons. The second-order valence-corrected chi connectivity index (χ2v) is 4.42. The lowest BCUT2D eigenvalue weighted by atomic mass is 10.1. The van der Waals surface area contributed by atoms with Crippen LogP contribution in [0.25, 0.3) is 0 Å². The maximum Gasteiger partial charge on any atom is 0.123 e. The molecule has 3 heteroatoms. The first-order valence-corrected chi connectivity index (χ1v) is 6.47. The van der Waals surface area contributed by atoms with Gasteiger partial charge in [0.15, 0.2) is 0 Å². The molecule has 3 nitrogen and oxygen atoms in total. The van der Waals surface area contributed by atoms with Crippen molar-refractivity contribution in [3.63, 3.8) is 0 Å². The number of nitrogen functional groups attached to an aromatic ring is 1. The largest absolute Gasteiger partial charge is 0.496 e. The van der Waals surface area contributed by atoms with Gasteiger partial charge in [0.2, 0.25) is 0 Å². The van der Waals surface area contributed by atoms with Crippen LogP contribution in [0, 0.1) is 0 Å². The van der Waals surface area contributed by atoms with Crippen LogP contribution in [0.5, 0.6) is 5.75 Å². The zero-order valence-corrected chi connectivity index (χ0v) is 11.5. The van der Waals surface area contributed by atoms with Crippen molar-refractivity contribution in [2.24, 2.45) is 0 Å². The van der Waals surface area contributed by atoms with E-state index in [0.717, 1.165) is 24.5 Å². The highest BCUT2D eigenvalue weighted by molar-refractivity contribution is 5.53. The Morgan fingerprint density at radius 1 is 1.05 bits per heavy atom. The van der Waals surface area contributed by atoms with E-state index in [1.54, 1.807) is 7.11 Å². The van der Waals surface area contributed by atoms with E-state index in [-0.39, 0.29) is 0 Å². The number of hydrogen-bond donors (Lipinski definition) is 1. The third-order valence-electron chi connectivity index (χ3n) is 3.19. The highest BCUT2D eigenvalue weighted by Gasteiger charge is 2.08. The maximum atomic E-state index is 5.73. The predicted molar refractivity (Wildman–Crippen MR) is 80.6 cm³/mol. The van der Waals surface area contributed by atoms with Gasteiger partial charge in [-0.2, -0.15) is 0 Å². The van der Waals surface area contributed by atoms with Crippen LogP contribution in [0.4, 0.5) is 11.4 Å². The smallest absolute Gasteiger partial charge is 0.123 e. The van der Waals surface area contributed by atoms with Gasteiger partial charge in [-0.05, 0) is 37.3 Å². The molecule has 2 aromatic rings. The van der Waals surface area contributed by atoms with E-state index in [1.807, 2.05) is 42.5 Å². The SMILES string of the molecule is CCN(Cc1ccccc1OC)c1ccc(N)cc1. The van der Waals surface area contributed by atoms with Gasteiger partial charge in [0.25, 0.3) is 0 Å². The number of para-hydroxylation sites is 1. The normalized spacial score (nSPS) is 10.2. The Balaban J connectivity index is 2.21. The van der Waals surface area contributed by atoms with Crippen LogP contribution in [0.3, 0.4) is 0 Å². The molecule has 0 heterocycles. The maximum absolute atomic E-state index is 5.73. The summed E-state index contributed by atoms with van der Waals surface area (Å²) in [5.41, 5.74) is 8.87. The molecule has 0 aromatic heterocycles. The summed E-state index contributed by atoms with van der Waals surface area (Å²) in [6.45, 7) is 3.90. The molecule has 0 saturated heterocycles. The van der Waals surface area contributed by atoms with Gasteiger partial charge in [0, 0.05) is 30.0 Å². The average Bonchev–Trinajstić information content (AvgIpc) is 2.46. The van der Waals surface area contributed by atoms with E-state index in [9.17, 15) is 0 Å². The number of benzene rings is 2. The van der Waals surface area contributed by atoms with E-state index >= 15 is 0 Å². The quantitative estimate of drug-likeness (QED) is 0.834. The second-order valence-electron chi connectivity index (χ2n) is 4.42. The van der Waals surface area contributed by atoms with Gasteiger partial charge in [-0.3, -0.25) is 0 Å². The summed E-state index contributed by atoms with van der Waals surface area (Å²) < 4.78 is 5.40. The van der Waals surface area contributed by atoms with Crippen LogP contribution < -0.4 is 15.4 Å². The topological polar surface area (TPSA) is 38.5 Å². The van der Waals surface area contributed by atoms with Gasteiger partial charge in [-0.25, -0.2) is 0 Å². The molecular weight excluding hydrogens is 236 g/mol. The van der Waals surface area contributed by atoms with E-state index < -0.39 is 0 Å². The number of methoxy groups -OCH3 is 1. The third-order valence-corrected chi connectivity index (χ3v) is 3.19. The van der Waals surface area contributed by atoms with Crippen LogP contribution in [-0.4, -0.2) is 13.7 Å². The summed E-state index contributed by atoms with van der Waals surface area (Å²) in [6, 6.07) is 16.1. The lowest BCUT2D eigenvalue weighted by Crippen LogP contribution is -2.22. The minimum absolute atomic E-state index is 0.789.